The number of benzene rings is 2. The van der Waals surface area contributed by atoms with Crippen LogP contribution < -0.4 is 5.32 Å². The van der Waals surface area contributed by atoms with E-state index in [1.807, 2.05) is 37.3 Å². The minimum atomic E-state index is -3.47. The van der Waals surface area contributed by atoms with E-state index >= 15 is 0 Å². The van der Waals surface area contributed by atoms with E-state index in [9.17, 15) is 13.2 Å². The van der Waals surface area contributed by atoms with Gasteiger partial charge in [-0.2, -0.15) is 0 Å². The molecule has 1 N–H and O–H groups in total. The topological polar surface area (TPSA) is 66.5 Å². The Morgan fingerprint density at radius 2 is 1.67 bits per heavy atom. The number of amides is 1. The Morgan fingerprint density at radius 3 is 2.25 bits per heavy atom. The van der Waals surface area contributed by atoms with Crippen molar-refractivity contribution in [3.8, 4) is 0 Å². The van der Waals surface area contributed by atoms with Crippen molar-refractivity contribution in [1.82, 2.24) is 4.31 Å². The average molecular weight is 346 g/mol. The summed E-state index contributed by atoms with van der Waals surface area (Å²) in [6, 6.07) is 15.7. The highest BCUT2D eigenvalue weighted by Crippen LogP contribution is 2.18. The van der Waals surface area contributed by atoms with E-state index in [1.54, 1.807) is 19.2 Å². The van der Waals surface area contributed by atoms with E-state index in [-0.39, 0.29) is 17.2 Å². The number of sulfonamides is 1. The minimum Gasteiger partial charge on any atom is -0.326 e. The largest absolute Gasteiger partial charge is 0.326 e. The fraction of sp³-hybridized carbons (Fsp3) is 0.278. The number of carbonyl (C=O) groups is 1. The zero-order valence-electron chi connectivity index (χ0n) is 13.9. The highest BCUT2D eigenvalue weighted by atomic mass is 32.2. The summed E-state index contributed by atoms with van der Waals surface area (Å²) in [6.07, 6.45) is 1.03. The van der Waals surface area contributed by atoms with Gasteiger partial charge in [0.2, 0.25) is 15.9 Å². The summed E-state index contributed by atoms with van der Waals surface area (Å²) in [4.78, 5) is 12.2. The van der Waals surface area contributed by atoms with Crippen molar-refractivity contribution in [2.45, 2.75) is 24.7 Å². The first-order valence-electron chi connectivity index (χ1n) is 7.83. The molecule has 5 nitrogen and oxygen atoms in total. The fourth-order valence-corrected chi connectivity index (χ4v) is 3.57. The first-order chi connectivity index (χ1) is 11.4. The third-order valence-electron chi connectivity index (χ3n) is 3.59. The van der Waals surface area contributed by atoms with E-state index in [4.69, 9.17) is 0 Å². The lowest BCUT2D eigenvalue weighted by molar-refractivity contribution is -0.115. The zero-order chi connectivity index (χ0) is 17.6. The SMILES string of the molecule is CCCN(C)S(=O)(=O)c1ccc(NC(=O)Cc2ccccc2)cc1. The van der Waals surface area contributed by atoms with Crippen molar-refractivity contribution in [3.05, 3.63) is 60.2 Å². The summed E-state index contributed by atoms with van der Waals surface area (Å²) in [7, 11) is -1.91. The lowest BCUT2D eigenvalue weighted by Crippen LogP contribution is -2.27. The lowest BCUT2D eigenvalue weighted by Gasteiger charge is -2.16. The predicted molar refractivity (Wildman–Crippen MR) is 95.3 cm³/mol. The van der Waals surface area contributed by atoms with Crippen molar-refractivity contribution in [2.75, 3.05) is 18.9 Å². The molecule has 0 atom stereocenters. The molecule has 0 aromatic heterocycles. The Bertz CT molecular complexity index is 772. The third kappa shape index (κ3) is 4.66. The molecule has 2 aromatic rings. The molecule has 0 unspecified atom stereocenters. The van der Waals surface area contributed by atoms with Crippen LogP contribution >= 0.6 is 0 Å². The second-order valence-electron chi connectivity index (χ2n) is 5.56. The molecule has 128 valence electrons. The van der Waals surface area contributed by atoms with Crippen LogP contribution in [0.1, 0.15) is 18.9 Å². The normalized spacial score (nSPS) is 11.5. The van der Waals surface area contributed by atoms with Gasteiger partial charge in [0.15, 0.2) is 0 Å². The minimum absolute atomic E-state index is 0.139. The quantitative estimate of drug-likeness (QED) is 0.838. The van der Waals surface area contributed by atoms with Gasteiger partial charge < -0.3 is 5.32 Å². The van der Waals surface area contributed by atoms with Crippen LogP contribution in [0.15, 0.2) is 59.5 Å². The van der Waals surface area contributed by atoms with Gasteiger partial charge in [-0.3, -0.25) is 4.79 Å². The van der Waals surface area contributed by atoms with Gasteiger partial charge in [-0.05, 0) is 36.2 Å². The van der Waals surface area contributed by atoms with Gasteiger partial charge in [-0.25, -0.2) is 12.7 Å². The highest BCUT2D eigenvalue weighted by molar-refractivity contribution is 7.89. The Hall–Kier alpha value is -2.18. The van der Waals surface area contributed by atoms with Crippen LogP contribution in [0.5, 0.6) is 0 Å². The highest BCUT2D eigenvalue weighted by Gasteiger charge is 2.19. The summed E-state index contributed by atoms with van der Waals surface area (Å²) >= 11 is 0. The molecule has 0 aliphatic rings. The Labute approximate surface area is 143 Å². The molecule has 1 amide bonds. The molecule has 2 rings (SSSR count). The molecule has 0 aliphatic heterocycles. The number of rotatable bonds is 7. The maximum Gasteiger partial charge on any atom is 0.242 e. The van der Waals surface area contributed by atoms with Crippen LogP contribution in [-0.4, -0.2) is 32.2 Å². The molecule has 0 saturated carbocycles. The summed E-state index contributed by atoms with van der Waals surface area (Å²) in [5, 5.41) is 2.78. The molecule has 0 heterocycles. The van der Waals surface area contributed by atoms with Crippen molar-refractivity contribution >= 4 is 21.6 Å². The Kier molecular flexibility index (Phi) is 6.11. The van der Waals surface area contributed by atoms with Crippen molar-refractivity contribution in [3.63, 3.8) is 0 Å². The van der Waals surface area contributed by atoms with Gasteiger partial charge >= 0.3 is 0 Å². The van der Waals surface area contributed by atoms with Crippen LogP contribution in [0, 0.1) is 0 Å². The predicted octanol–water partition coefficient (Wildman–Crippen LogP) is 2.90. The first-order valence-corrected chi connectivity index (χ1v) is 9.27. The van der Waals surface area contributed by atoms with E-state index in [0.717, 1.165) is 12.0 Å². The van der Waals surface area contributed by atoms with Gasteiger partial charge in [0.05, 0.1) is 11.3 Å². The maximum absolute atomic E-state index is 12.3. The molecule has 24 heavy (non-hydrogen) atoms. The number of nitrogens with zero attached hydrogens (tertiary/aromatic N) is 1. The molecule has 0 fully saturated rings. The van der Waals surface area contributed by atoms with Crippen LogP contribution in [0.3, 0.4) is 0 Å². The summed E-state index contributed by atoms with van der Waals surface area (Å²) in [5.74, 6) is -0.139. The molecule has 0 bridgehead atoms. The monoisotopic (exact) mass is 346 g/mol. The molecule has 0 radical (unpaired) electrons. The van der Waals surface area contributed by atoms with E-state index < -0.39 is 10.0 Å². The fourth-order valence-electron chi connectivity index (χ4n) is 2.31. The number of anilines is 1. The van der Waals surface area contributed by atoms with Crippen LogP contribution in [0.25, 0.3) is 0 Å². The third-order valence-corrected chi connectivity index (χ3v) is 5.46. The summed E-state index contributed by atoms with van der Waals surface area (Å²) in [5.41, 5.74) is 1.50. The Balaban J connectivity index is 2.03. The first kappa shape index (κ1) is 18.2. The standard InChI is InChI=1S/C18H22N2O3S/c1-3-13-20(2)24(22,23)17-11-9-16(10-12-17)19-18(21)14-15-7-5-4-6-8-15/h4-12H,3,13-14H2,1-2H3,(H,19,21). The maximum atomic E-state index is 12.3. The zero-order valence-corrected chi connectivity index (χ0v) is 14.7. The number of nitrogens with one attached hydrogen (secondary N) is 1. The van der Waals surface area contributed by atoms with Gasteiger partial charge in [0, 0.05) is 19.3 Å². The molecule has 6 heteroatoms. The average Bonchev–Trinajstić information content (AvgIpc) is 2.56. The van der Waals surface area contributed by atoms with Gasteiger partial charge in [0.1, 0.15) is 0 Å². The van der Waals surface area contributed by atoms with E-state index in [0.29, 0.717) is 12.2 Å². The number of hydrogen-bond acceptors (Lipinski definition) is 3. The van der Waals surface area contributed by atoms with Gasteiger partial charge in [-0.15, -0.1) is 0 Å². The van der Waals surface area contributed by atoms with Crippen molar-refractivity contribution in [2.24, 2.45) is 0 Å². The Morgan fingerprint density at radius 1 is 1.04 bits per heavy atom. The molecular weight excluding hydrogens is 324 g/mol. The molecule has 0 spiro atoms. The smallest absolute Gasteiger partial charge is 0.242 e. The van der Waals surface area contributed by atoms with Crippen molar-refractivity contribution < 1.29 is 13.2 Å². The van der Waals surface area contributed by atoms with E-state index in [1.165, 1.54) is 16.4 Å². The van der Waals surface area contributed by atoms with Crippen LogP contribution in [0.4, 0.5) is 5.69 Å². The lowest BCUT2D eigenvalue weighted by atomic mass is 10.1. The second-order valence-corrected chi connectivity index (χ2v) is 7.61. The number of carbonyl (C=O) groups excluding carboxylic acids is 1. The molecular formula is C18H22N2O3S. The summed E-state index contributed by atoms with van der Waals surface area (Å²) < 4.78 is 26.0. The molecule has 2 aromatic carbocycles. The molecule has 0 aliphatic carbocycles. The summed E-state index contributed by atoms with van der Waals surface area (Å²) in [6.45, 7) is 2.40. The number of hydrogen-bond donors (Lipinski definition) is 1. The van der Waals surface area contributed by atoms with E-state index in [2.05, 4.69) is 5.32 Å². The van der Waals surface area contributed by atoms with Gasteiger partial charge in [0.25, 0.3) is 0 Å². The molecule has 0 saturated heterocycles. The van der Waals surface area contributed by atoms with Crippen LogP contribution in [0.2, 0.25) is 0 Å². The van der Waals surface area contributed by atoms with Crippen LogP contribution in [-0.2, 0) is 21.2 Å². The van der Waals surface area contributed by atoms with Gasteiger partial charge in [-0.1, -0.05) is 37.3 Å². The van der Waals surface area contributed by atoms with Crippen molar-refractivity contribution in [1.29, 1.82) is 0 Å². The second kappa shape index (κ2) is 8.08.